The molecule has 1 fully saturated rings. The Hall–Kier alpha value is -4.18. The Morgan fingerprint density at radius 3 is 2.02 bits per heavy atom. The fourth-order valence-electron chi connectivity index (χ4n) is 4.22. The summed E-state index contributed by atoms with van der Waals surface area (Å²) in [5.74, 6) is -4.28. The quantitative estimate of drug-likeness (QED) is 0.180. The van der Waals surface area contributed by atoms with E-state index in [1.165, 1.54) is 62.8 Å². The van der Waals surface area contributed by atoms with Gasteiger partial charge in [0.25, 0.3) is 6.43 Å². The zero-order chi connectivity index (χ0) is 31.0. The molecule has 0 radical (unpaired) electrons. The van der Waals surface area contributed by atoms with Gasteiger partial charge in [0.05, 0.1) is 20.5 Å². The summed E-state index contributed by atoms with van der Waals surface area (Å²) >= 11 is 0. The van der Waals surface area contributed by atoms with Crippen LogP contribution in [0.15, 0.2) is 61.2 Å². The van der Waals surface area contributed by atoms with Gasteiger partial charge in [0.15, 0.2) is 23.8 Å². The highest BCUT2D eigenvalue weighted by Gasteiger charge is 2.74. The molecule has 0 unspecified atom stereocenters. The van der Waals surface area contributed by atoms with Crippen LogP contribution in [-0.2, 0) is 13.8 Å². The van der Waals surface area contributed by atoms with Gasteiger partial charge in [0.2, 0.25) is 5.60 Å². The van der Waals surface area contributed by atoms with Gasteiger partial charge >= 0.3 is 13.7 Å². The fraction of sp³-hybridized carbons (Fsp3) is 0.320. The molecule has 1 aliphatic heterocycles. The lowest BCUT2D eigenvalue weighted by Crippen LogP contribution is -2.57. The SMILES string of the molecule is COc1ccc(OP(=O)(OC[C@@]2(C(F)F)O[C@@H](n3cnc4c(N)ncnc43)[C@H](O)C2(F)F)Oc2ccc(OC)cc2)cc1. The van der Waals surface area contributed by atoms with Gasteiger partial charge in [-0.25, -0.2) is 28.3 Å². The molecule has 3 N–H and O–H groups in total. The van der Waals surface area contributed by atoms with E-state index in [0.29, 0.717) is 11.5 Å². The van der Waals surface area contributed by atoms with Crippen molar-refractivity contribution in [2.24, 2.45) is 0 Å². The number of nitrogens with two attached hydrogens (primary N) is 1. The van der Waals surface area contributed by atoms with Crippen molar-refractivity contribution in [2.45, 2.75) is 30.3 Å². The second-order valence-corrected chi connectivity index (χ2v) is 10.6. The van der Waals surface area contributed by atoms with E-state index in [4.69, 9.17) is 33.5 Å². The smallest absolute Gasteiger partial charge is 0.497 e. The summed E-state index contributed by atoms with van der Waals surface area (Å²) in [6, 6.07) is 10.9. The second-order valence-electron chi connectivity index (χ2n) is 9.10. The number of phosphoric acid groups is 1. The van der Waals surface area contributed by atoms with Gasteiger partial charge in [0.1, 0.15) is 41.4 Å². The third-order valence-corrected chi connectivity index (χ3v) is 7.86. The van der Waals surface area contributed by atoms with Crippen LogP contribution < -0.4 is 24.3 Å². The molecule has 0 amide bonds. The van der Waals surface area contributed by atoms with Crippen LogP contribution in [0.2, 0.25) is 0 Å². The lowest BCUT2D eigenvalue weighted by atomic mass is 9.95. The predicted octanol–water partition coefficient (Wildman–Crippen LogP) is 4.24. The summed E-state index contributed by atoms with van der Waals surface area (Å²) < 4.78 is 106. The van der Waals surface area contributed by atoms with Gasteiger partial charge in [-0.15, -0.1) is 0 Å². The number of fused-ring (bicyclic) bond motifs is 1. The van der Waals surface area contributed by atoms with Crippen LogP contribution in [0.1, 0.15) is 6.23 Å². The number of rotatable bonds is 11. The molecule has 2 aromatic carbocycles. The Kier molecular flexibility index (Phi) is 8.09. The molecule has 5 rings (SSSR count). The molecule has 18 heteroatoms. The molecule has 13 nitrogen and oxygen atoms in total. The number of aliphatic hydroxyl groups is 1. The maximum absolute atomic E-state index is 15.6. The first-order valence-electron chi connectivity index (χ1n) is 12.3. The highest BCUT2D eigenvalue weighted by molar-refractivity contribution is 7.49. The maximum atomic E-state index is 15.6. The van der Waals surface area contributed by atoms with Crippen LogP contribution in [0, 0.1) is 0 Å². The summed E-state index contributed by atoms with van der Waals surface area (Å²) in [5.41, 5.74) is 1.67. The summed E-state index contributed by atoms with van der Waals surface area (Å²) in [7, 11) is -2.21. The Morgan fingerprint density at radius 1 is 0.977 bits per heavy atom. The minimum atomic E-state index is -5.01. The first-order valence-corrected chi connectivity index (χ1v) is 13.8. The third-order valence-electron chi connectivity index (χ3n) is 6.54. The van der Waals surface area contributed by atoms with Crippen molar-refractivity contribution >= 4 is 24.8 Å². The number of methoxy groups -OCH3 is 2. The number of alkyl halides is 4. The van der Waals surface area contributed by atoms with Gasteiger partial charge in [-0.2, -0.15) is 8.78 Å². The number of ether oxygens (including phenoxy) is 3. The van der Waals surface area contributed by atoms with E-state index in [0.717, 1.165) is 17.2 Å². The fourth-order valence-corrected chi connectivity index (χ4v) is 5.47. The van der Waals surface area contributed by atoms with Gasteiger partial charge < -0.3 is 34.1 Å². The minimum absolute atomic E-state index is 0.0438. The average molecular weight is 629 g/mol. The monoisotopic (exact) mass is 629 g/mol. The van der Waals surface area contributed by atoms with E-state index < -0.39 is 44.7 Å². The topological polar surface area (TPSA) is 162 Å². The number of anilines is 1. The Bertz CT molecular complexity index is 1570. The third kappa shape index (κ3) is 5.51. The normalized spacial score (nSPS) is 21.7. The molecule has 3 heterocycles. The van der Waals surface area contributed by atoms with E-state index >= 15 is 8.78 Å². The predicted molar refractivity (Wildman–Crippen MR) is 140 cm³/mol. The van der Waals surface area contributed by atoms with Crippen LogP contribution in [0.4, 0.5) is 23.4 Å². The van der Waals surface area contributed by atoms with E-state index in [2.05, 4.69) is 15.0 Å². The average Bonchev–Trinajstić information content (AvgIpc) is 3.50. The van der Waals surface area contributed by atoms with Gasteiger partial charge in [-0.05, 0) is 48.5 Å². The van der Waals surface area contributed by atoms with Crippen molar-refractivity contribution in [1.29, 1.82) is 0 Å². The van der Waals surface area contributed by atoms with Gasteiger partial charge in [-0.1, -0.05) is 0 Å². The van der Waals surface area contributed by atoms with Crippen molar-refractivity contribution < 1.29 is 55.0 Å². The molecule has 1 aliphatic rings. The maximum Gasteiger partial charge on any atom is 0.587 e. The number of aliphatic hydroxyl groups excluding tert-OH is 1. The van der Waals surface area contributed by atoms with Crippen molar-refractivity contribution in [3.63, 3.8) is 0 Å². The number of hydrogen-bond acceptors (Lipinski definition) is 12. The zero-order valence-electron chi connectivity index (χ0n) is 22.3. The first-order chi connectivity index (χ1) is 20.4. The number of nitrogen functional groups attached to an aromatic ring is 1. The highest BCUT2D eigenvalue weighted by Crippen LogP contribution is 2.56. The van der Waals surface area contributed by atoms with Crippen molar-refractivity contribution in [3.05, 3.63) is 61.2 Å². The Balaban J connectivity index is 1.48. The first kappa shape index (κ1) is 30.3. The summed E-state index contributed by atoms with van der Waals surface area (Å²) in [4.78, 5) is 11.5. The van der Waals surface area contributed by atoms with Crippen molar-refractivity contribution in [1.82, 2.24) is 19.5 Å². The van der Waals surface area contributed by atoms with Crippen LogP contribution in [-0.4, -0.2) is 69.5 Å². The molecule has 2 aromatic heterocycles. The Morgan fingerprint density at radius 2 is 1.51 bits per heavy atom. The number of benzene rings is 2. The number of aromatic nitrogens is 4. The molecule has 3 atom stereocenters. The molecule has 230 valence electrons. The van der Waals surface area contributed by atoms with Crippen molar-refractivity contribution in [2.75, 3.05) is 26.6 Å². The van der Waals surface area contributed by atoms with E-state index in [-0.39, 0.29) is 28.5 Å². The molecule has 43 heavy (non-hydrogen) atoms. The standard InChI is InChI=1S/C25H24F4N5O8P/c1-37-14-3-7-16(8-4-14)41-43(36,42-17-9-5-15(38-2)6-10-17)39-11-24(23(26)27)25(28,29)19(35)22(40-24)34-13-33-18-20(30)31-12-32-21(18)34/h3-10,12-13,19,22-23,35H,11H2,1-2H3,(H2,30,31,32)/t19-,22+,24-/m0/s1. The second kappa shape index (κ2) is 11.5. The number of imidazole rings is 1. The lowest BCUT2D eigenvalue weighted by molar-refractivity contribution is -0.242. The van der Waals surface area contributed by atoms with Gasteiger partial charge in [-0.3, -0.25) is 9.09 Å². The molecule has 0 saturated carbocycles. The highest BCUT2D eigenvalue weighted by atomic mass is 31.2. The van der Waals surface area contributed by atoms with Crippen LogP contribution in [0.3, 0.4) is 0 Å². The van der Waals surface area contributed by atoms with Crippen LogP contribution in [0.5, 0.6) is 23.0 Å². The molecule has 4 aromatic rings. The number of nitrogens with zero attached hydrogens (tertiary/aromatic N) is 4. The molecule has 0 bridgehead atoms. The van der Waals surface area contributed by atoms with E-state index in [1.54, 1.807) is 0 Å². The summed E-state index contributed by atoms with van der Waals surface area (Å²) in [6.07, 6.45) is -7.07. The van der Waals surface area contributed by atoms with Crippen molar-refractivity contribution in [3.8, 4) is 23.0 Å². The lowest BCUT2D eigenvalue weighted by Gasteiger charge is -2.33. The minimum Gasteiger partial charge on any atom is -0.497 e. The van der Waals surface area contributed by atoms with E-state index in [9.17, 15) is 18.5 Å². The molecule has 1 saturated heterocycles. The molecular weight excluding hydrogens is 605 g/mol. The molecule has 0 aliphatic carbocycles. The van der Waals surface area contributed by atoms with E-state index in [1.807, 2.05) is 0 Å². The largest absolute Gasteiger partial charge is 0.587 e. The van der Waals surface area contributed by atoms with Crippen LogP contribution >= 0.6 is 7.82 Å². The summed E-state index contributed by atoms with van der Waals surface area (Å²) in [6.45, 7) is -1.75. The zero-order valence-corrected chi connectivity index (χ0v) is 23.2. The number of halogens is 4. The molecular formula is C25H24F4N5O8P. The van der Waals surface area contributed by atoms with Crippen LogP contribution in [0.25, 0.3) is 11.2 Å². The number of phosphoric ester groups is 1. The molecule has 0 spiro atoms. The Labute approximate surface area is 240 Å². The number of hydrogen-bond donors (Lipinski definition) is 2. The van der Waals surface area contributed by atoms with Gasteiger partial charge in [0, 0.05) is 0 Å². The summed E-state index contributed by atoms with van der Waals surface area (Å²) in [5, 5.41) is 10.6.